The van der Waals surface area contributed by atoms with Crippen LogP contribution >= 0.6 is 0 Å². The van der Waals surface area contributed by atoms with Gasteiger partial charge in [-0.1, -0.05) is 0 Å². The zero-order valence-electron chi connectivity index (χ0n) is 6.16. The smallest absolute Gasteiger partial charge is 0.333 e. The summed E-state index contributed by atoms with van der Waals surface area (Å²) in [5.74, 6) is -0.854. The number of hydrogen-bond acceptors (Lipinski definition) is 2. The van der Waals surface area contributed by atoms with Gasteiger partial charge in [0, 0.05) is 13.1 Å². The lowest BCUT2D eigenvalue weighted by Gasteiger charge is -2.20. The van der Waals surface area contributed by atoms with E-state index in [1.54, 1.807) is 12.2 Å². The van der Waals surface area contributed by atoms with Crippen molar-refractivity contribution in [3.05, 3.63) is 30.8 Å². The topological polar surface area (TPSA) is 40.5 Å². The van der Waals surface area contributed by atoms with Crippen molar-refractivity contribution in [2.45, 2.75) is 0 Å². The summed E-state index contributed by atoms with van der Waals surface area (Å²) >= 11 is 0. The van der Waals surface area contributed by atoms with Crippen LogP contribution in [0.5, 0.6) is 0 Å². The van der Waals surface area contributed by atoms with E-state index in [0.717, 1.165) is 0 Å². The quantitative estimate of drug-likeness (QED) is 0.632. The van der Waals surface area contributed by atoms with E-state index in [2.05, 4.69) is 6.92 Å². The SMILES string of the molecule is [CH2]CN1C=CC=C(C(=O)O)C1. The van der Waals surface area contributed by atoms with Gasteiger partial charge in [-0.3, -0.25) is 0 Å². The van der Waals surface area contributed by atoms with Gasteiger partial charge in [0.25, 0.3) is 0 Å². The molecule has 0 aromatic heterocycles. The minimum Gasteiger partial charge on any atom is -0.478 e. The monoisotopic (exact) mass is 152 g/mol. The molecule has 0 aliphatic carbocycles. The normalized spacial score (nSPS) is 16.5. The zero-order chi connectivity index (χ0) is 8.27. The van der Waals surface area contributed by atoms with Gasteiger partial charge in [-0.15, -0.1) is 0 Å². The second-order valence-corrected chi connectivity index (χ2v) is 2.31. The molecule has 1 aliphatic heterocycles. The van der Waals surface area contributed by atoms with Gasteiger partial charge in [-0.25, -0.2) is 4.79 Å². The lowest BCUT2D eigenvalue weighted by Crippen LogP contribution is -2.24. The summed E-state index contributed by atoms with van der Waals surface area (Å²) in [4.78, 5) is 12.3. The zero-order valence-corrected chi connectivity index (χ0v) is 6.16. The van der Waals surface area contributed by atoms with Crippen LogP contribution in [0.25, 0.3) is 0 Å². The number of rotatable bonds is 2. The molecule has 11 heavy (non-hydrogen) atoms. The maximum atomic E-state index is 10.5. The summed E-state index contributed by atoms with van der Waals surface area (Å²) in [5, 5.41) is 8.60. The van der Waals surface area contributed by atoms with E-state index in [4.69, 9.17) is 5.11 Å². The van der Waals surface area contributed by atoms with Crippen molar-refractivity contribution in [2.24, 2.45) is 0 Å². The molecule has 0 aromatic carbocycles. The Morgan fingerprint density at radius 1 is 1.82 bits per heavy atom. The first-order chi connectivity index (χ1) is 5.24. The first-order valence-electron chi connectivity index (χ1n) is 3.38. The van der Waals surface area contributed by atoms with Gasteiger partial charge in [-0.05, 0) is 25.3 Å². The van der Waals surface area contributed by atoms with E-state index in [-0.39, 0.29) is 0 Å². The van der Waals surface area contributed by atoms with Crippen LogP contribution in [-0.2, 0) is 4.79 Å². The Labute approximate surface area is 65.6 Å². The highest BCUT2D eigenvalue weighted by molar-refractivity contribution is 5.87. The van der Waals surface area contributed by atoms with Crippen LogP contribution in [0.4, 0.5) is 0 Å². The third kappa shape index (κ3) is 1.83. The highest BCUT2D eigenvalue weighted by atomic mass is 16.4. The lowest BCUT2D eigenvalue weighted by atomic mass is 10.2. The number of carboxylic acids is 1. The van der Waals surface area contributed by atoms with Crippen molar-refractivity contribution in [3.63, 3.8) is 0 Å². The average molecular weight is 152 g/mol. The van der Waals surface area contributed by atoms with Crippen LogP contribution in [-0.4, -0.2) is 29.1 Å². The largest absolute Gasteiger partial charge is 0.478 e. The van der Waals surface area contributed by atoms with E-state index >= 15 is 0 Å². The number of allylic oxidation sites excluding steroid dienone is 2. The van der Waals surface area contributed by atoms with E-state index in [9.17, 15) is 4.79 Å². The van der Waals surface area contributed by atoms with Crippen LogP contribution in [0, 0.1) is 6.92 Å². The Morgan fingerprint density at radius 3 is 3.09 bits per heavy atom. The third-order valence-electron chi connectivity index (χ3n) is 1.53. The summed E-state index contributed by atoms with van der Waals surface area (Å²) < 4.78 is 0. The van der Waals surface area contributed by atoms with Gasteiger partial charge >= 0.3 is 5.97 Å². The van der Waals surface area contributed by atoms with Gasteiger partial charge in [-0.2, -0.15) is 0 Å². The molecular weight excluding hydrogens is 142 g/mol. The number of nitrogens with zero attached hydrogens (tertiary/aromatic N) is 1. The number of carbonyl (C=O) groups is 1. The Bertz CT molecular complexity index is 218. The molecule has 1 heterocycles. The molecule has 1 N–H and O–H groups in total. The summed E-state index contributed by atoms with van der Waals surface area (Å²) in [6.45, 7) is 4.71. The minimum atomic E-state index is -0.854. The van der Waals surface area contributed by atoms with Gasteiger partial charge < -0.3 is 10.0 Å². The van der Waals surface area contributed by atoms with E-state index < -0.39 is 5.97 Å². The van der Waals surface area contributed by atoms with Gasteiger partial charge in [0.05, 0.1) is 5.57 Å². The van der Waals surface area contributed by atoms with Crippen molar-refractivity contribution >= 4 is 5.97 Å². The molecule has 0 spiro atoms. The number of carboxylic acid groups (broad SMARTS) is 1. The first kappa shape index (κ1) is 7.85. The standard InChI is InChI=1S/C8H10NO2/c1-2-9-5-3-4-7(6-9)8(10)11/h3-5H,1-2,6H2,(H,10,11). The highest BCUT2D eigenvalue weighted by Gasteiger charge is 2.11. The number of hydrogen-bond donors (Lipinski definition) is 1. The fourth-order valence-corrected chi connectivity index (χ4v) is 0.898. The fourth-order valence-electron chi connectivity index (χ4n) is 0.898. The molecule has 0 atom stereocenters. The molecule has 1 radical (unpaired) electrons. The Hall–Kier alpha value is -1.25. The van der Waals surface area contributed by atoms with Crippen LogP contribution in [0.1, 0.15) is 0 Å². The van der Waals surface area contributed by atoms with E-state index in [1.807, 2.05) is 11.1 Å². The minimum absolute atomic E-state index is 0.413. The summed E-state index contributed by atoms with van der Waals surface area (Å²) in [6.07, 6.45) is 5.16. The second kappa shape index (κ2) is 3.23. The van der Waals surface area contributed by atoms with Crippen LogP contribution in [0.15, 0.2) is 23.9 Å². The van der Waals surface area contributed by atoms with Gasteiger partial charge in [0.15, 0.2) is 0 Å². The molecule has 0 fully saturated rings. The Morgan fingerprint density at radius 2 is 2.55 bits per heavy atom. The second-order valence-electron chi connectivity index (χ2n) is 2.31. The molecule has 0 saturated heterocycles. The predicted octanol–water partition coefficient (Wildman–Crippen LogP) is 0.661. The van der Waals surface area contributed by atoms with Crippen molar-refractivity contribution < 1.29 is 9.90 Å². The van der Waals surface area contributed by atoms with Crippen molar-refractivity contribution in [3.8, 4) is 0 Å². The molecule has 0 unspecified atom stereocenters. The molecule has 0 amide bonds. The fraction of sp³-hybridized carbons (Fsp3) is 0.250. The highest BCUT2D eigenvalue weighted by Crippen LogP contribution is 2.06. The van der Waals surface area contributed by atoms with Gasteiger partial charge in [0.2, 0.25) is 0 Å². The summed E-state index contributed by atoms with van der Waals surface area (Å²) in [5.41, 5.74) is 0.413. The lowest BCUT2D eigenvalue weighted by molar-refractivity contribution is -0.132. The van der Waals surface area contributed by atoms with Crippen molar-refractivity contribution in [1.29, 1.82) is 0 Å². The van der Waals surface area contributed by atoms with E-state index in [1.165, 1.54) is 0 Å². The summed E-state index contributed by atoms with van der Waals surface area (Å²) in [7, 11) is 0. The molecule has 3 nitrogen and oxygen atoms in total. The van der Waals surface area contributed by atoms with Crippen LogP contribution < -0.4 is 0 Å². The van der Waals surface area contributed by atoms with Gasteiger partial charge in [0.1, 0.15) is 0 Å². The maximum absolute atomic E-state index is 10.5. The first-order valence-corrected chi connectivity index (χ1v) is 3.38. The molecule has 3 heteroatoms. The number of aliphatic carboxylic acids is 1. The van der Waals surface area contributed by atoms with Crippen LogP contribution in [0.3, 0.4) is 0 Å². The van der Waals surface area contributed by atoms with Crippen molar-refractivity contribution in [2.75, 3.05) is 13.1 Å². The molecule has 59 valence electrons. The van der Waals surface area contributed by atoms with E-state index in [0.29, 0.717) is 18.7 Å². The molecule has 0 saturated carbocycles. The molecule has 1 aliphatic rings. The molecule has 0 aromatic rings. The summed E-state index contributed by atoms with van der Waals surface area (Å²) in [6, 6.07) is 0. The molecular formula is C8H10NO2. The molecule has 1 rings (SSSR count). The maximum Gasteiger partial charge on any atom is 0.333 e. The predicted molar refractivity (Wildman–Crippen MR) is 41.8 cm³/mol. The molecule has 0 bridgehead atoms. The van der Waals surface area contributed by atoms with Crippen molar-refractivity contribution in [1.82, 2.24) is 4.90 Å². The Kier molecular flexibility index (Phi) is 2.31. The van der Waals surface area contributed by atoms with Crippen LogP contribution in [0.2, 0.25) is 0 Å². The average Bonchev–Trinajstić information content (AvgIpc) is 2.05. The third-order valence-corrected chi connectivity index (χ3v) is 1.53. The Balaban J connectivity index is 2.64.